The van der Waals surface area contributed by atoms with Gasteiger partial charge in [-0.25, -0.2) is 0 Å². The van der Waals surface area contributed by atoms with Crippen LogP contribution in [0.15, 0.2) is 30.3 Å². The molecule has 0 saturated heterocycles. The van der Waals surface area contributed by atoms with Crippen LogP contribution in [0.4, 0.5) is 0 Å². The highest BCUT2D eigenvalue weighted by molar-refractivity contribution is 7.11. The van der Waals surface area contributed by atoms with Gasteiger partial charge in [-0.15, -0.1) is 11.3 Å². The molecule has 0 amide bonds. The van der Waals surface area contributed by atoms with Crippen molar-refractivity contribution in [3.63, 3.8) is 0 Å². The van der Waals surface area contributed by atoms with Crippen molar-refractivity contribution in [2.75, 3.05) is 0 Å². The van der Waals surface area contributed by atoms with Gasteiger partial charge in [0.1, 0.15) is 12.4 Å². The number of thiophene rings is 1. The highest BCUT2D eigenvalue weighted by Crippen LogP contribution is 2.26. The van der Waals surface area contributed by atoms with Gasteiger partial charge in [0.05, 0.1) is 10.6 Å². The first kappa shape index (κ1) is 13.1. The lowest BCUT2D eigenvalue weighted by Crippen LogP contribution is -1.97. The standard InChI is InChI=1S/C14H13ClO2S/c1-2-10-6-7-11(18-10)9-17-14-5-3-4-13(15)12(14)8-16/h3-8H,2,9H2,1H3. The Morgan fingerprint density at radius 2 is 2.06 bits per heavy atom. The second-order valence-corrected chi connectivity index (χ2v) is 5.44. The van der Waals surface area contributed by atoms with Crippen molar-refractivity contribution >= 4 is 29.2 Å². The van der Waals surface area contributed by atoms with E-state index in [1.807, 2.05) is 0 Å². The zero-order valence-corrected chi connectivity index (χ0v) is 11.6. The number of carbonyl (C=O) groups is 1. The number of rotatable bonds is 5. The molecular formula is C14H13ClO2S. The average Bonchev–Trinajstić information content (AvgIpc) is 2.84. The van der Waals surface area contributed by atoms with E-state index in [-0.39, 0.29) is 0 Å². The summed E-state index contributed by atoms with van der Waals surface area (Å²) >= 11 is 7.65. The summed E-state index contributed by atoms with van der Waals surface area (Å²) in [6.45, 7) is 2.59. The second kappa shape index (κ2) is 6.03. The Hall–Kier alpha value is -1.32. The number of hydrogen-bond donors (Lipinski definition) is 0. The maximum absolute atomic E-state index is 10.9. The molecule has 1 aromatic heterocycles. The van der Waals surface area contributed by atoms with Crippen molar-refractivity contribution in [1.82, 2.24) is 0 Å². The van der Waals surface area contributed by atoms with Gasteiger partial charge in [-0.2, -0.15) is 0 Å². The minimum absolute atomic E-state index is 0.409. The lowest BCUT2D eigenvalue weighted by molar-refractivity contribution is 0.111. The predicted molar refractivity (Wildman–Crippen MR) is 74.9 cm³/mol. The molecule has 4 heteroatoms. The van der Waals surface area contributed by atoms with E-state index in [0.717, 1.165) is 17.6 Å². The Morgan fingerprint density at radius 3 is 2.72 bits per heavy atom. The van der Waals surface area contributed by atoms with Crippen molar-refractivity contribution in [1.29, 1.82) is 0 Å². The number of ether oxygens (including phenoxy) is 1. The van der Waals surface area contributed by atoms with Crippen molar-refractivity contribution in [3.8, 4) is 5.75 Å². The van der Waals surface area contributed by atoms with E-state index in [0.29, 0.717) is 22.9 Å². The van der Waals surface area contributed by atoms with Crippen LogP contribution in [-0.2, 0) is 13.0 Å². The monoisotopic (exact) mass is 280 g/mol. The molecule has 0 spiro atoms. The van der Waals surface area contributed by atoms with E-state index >= 15 is 0 Å². The van der Waals surface area contributed by atoms with Crippen LogP contribution in [0.25, 0.3) is 0 Å². The Kier molecular flexibility index (Phi) is 4.39. The first-order valence-corrected chi connectivity index (χ1v) is 6.88. The van der Waals surface area contributed by atoms with Crippen molar-refractivity contribution in [2.45, 2.75) is 20.0 Å². The lowest BCUT2D eigenvalue weighted by Gasteiger charge is -2.08. The third kappa shape index (κ3) is 2.92. The maximum atomic E-state index is 10.9. The summed E-state index contributed by atoms with van der Waals surface area (Å²) in [5.41, 5.74) is 0.409. The smallest absolute Gasteiger partial charge is 0.155 e. The molecule has 0 bridgehead atoms. The lowest BCUT2D eigenvalue weighted by atomic mass is 10.2. The summed E-state index contributed by atoms with van der Waals surface area (Å²) in [4.78, 5) is 13.4. The van der Waals surface area contributed by atoms with Gasteiger partial charge in [-0.3, -0.25) is 4.79 Å². The van der Waals surface area contributed by atoms with E-state index in [4.69, 9.17) is 16.3 Å². The number of carbonyl (C=O) groups excluding carboxylic acids is 1. The summed E-state index contributed by atoms with van der Waals surface area (Å²) in [6.07, 6.45) is 1.75. The molecule has 0 radical (unpaired) electrons. The first-order chi connectivity index (χ1) is 8.74. The van der Waals surface area contributed by atoms with Crippen LogP contribution in [0.5, 0.6) is 5.75 Å². The zero-order chi connectivity index (χ0) is 13.0. The highest BCUT2D eigenvalue weighted by atomic mass is 35.5. The first-order valence-electron chi connectivity index (χ1n) is 5.68. The third-order valence-corrected chi connectivity index (χ3v) is 4.10. The van der Waals surface area contributed by atoms with Crippen molar-refractivity contribution in [3.05, 3.63) is 50.7 Å². The predicted octanol–water partition coefficient (Wildman–Crippen LogP) is 4.36. The van der Waals surface area contributed by atoms with E-state index in [1.54, 1.807) is 29.5 Å². The molecule has 0 aliphatic heterocycles. The molecule has 2 nitrogen and oxygen atoms in total. The molecule has 0 saturated carbocycles. The topological polar surface area (TPSA) is 26.3 Å². The largest absolute Gasteiger partial charge is 0.487 e. The second-order valence-electron chi connectivity index (χ2n) is 3.78. The fraction of sp³-hybridized carbons (Fsp3) is 0.214. The summed E-state index contributed by atoms with van der Waals surface area (Å²) in [7, 11) is 0. The summed E-state index contributed by atoms with van der Waals surface area (Å²) in [6, 6.07) is 9.36. The fourth-order valence-electron chi connectivity index (χ4n) is 1.60. The number of aryl methyl sites for hydroxylation is 1. The van der Waals surface area contributed by atoms with Crippen LogP contribution in [0.2, 0.25) is 5.02 Å². The van der Waals surface area contributed by atoms with Crippen LogP contribution < -0.4 is 4.74 Å². The molecule has 2 rings (SSSR count). The zero-order valence-electron chi connectivity index (χ0n) is 9.98. The number of hydrogen-bond acceptors (Lipinski definition) is 3. The molecule has 2 aromatic rings. The van der Waals surface area contributed by atoms with Crippen LogP contribution in [0, 0.1) is 0 Å². The Morgan fingerprint density at radius 1 is 1.28 bits per heavy atom. The van der Waals surface area contributed by atoms with Crippen LogP contribution in [-0.4, -0.2) is 6.29 Å². The summed E-state index contributed by atoms with van der Waals surface area (Å²) in [5, 5.41) is 0.419. The van der Waals surface area contributed by atoms with Crippen LogP contribution in [0.3, 0.4) is 0 Å². The van der Waals surface area contributed by atoms with Crippen LogP contribution >= 0.6 is 22.9 Å². The summed E-state index contributed by atoms with van der Waals surface area (Å²) in [5.74, 6) is 0.531. The summed E-state index contributed by atoms with van der Waals surface area (Å²) < 4.78 is 5.65. The van der Waals surface area contributed by atoms with Gasteiger partial charge in [0.2, 0.25) is 0 Å². The molecular weight excluding hydrogens is 268 g/mol. The molecule has 0 unspecified atom stereocenters. The molecule has 0 fully saturated rings. The Bertz CT molecular complexity index is 548. The van der Waals surface area contributed by atoms with E-state index < -0.39 is 0 Å². The van der Waals surface area contributed by atoms with Gasteiger partial charge < -0.3 is 4.74 Å². The number of halogens is 1. The van der Waals surface area contributed by atoms with Gasteiger partial charge in [0.15, 0.2) is 6.29 Å². The molecule has 1 heterocycles. The SMILES string of the molecule is CCc1ccc(COc2cccc(Cl)c2C=O)s1. The molecule has 94 valence electrons. The van der Waals surface area contributed by atoms with Crippen molar-refractivity contribution < 1.29 is 9.53 Å². The van der Waals surface area contributed by atoms with Crippen LogP contribution in [0.1, 0.15) is 27.0 Å². The third-order valence-electron chi connectivity index (χ3n) is 2.57. The molecule has 0 N–H and O–H groups in total. The Labute approximate surface area is 115 Å². The maximum Gasteiger partial charge on any atom is 0.155 e. The van der Waals surface area contributed by atoms with Gasteiger partial charge in [0, 0.05) is 9.75 Å². The minimum Gasteiger partial charge on any atom is -0.487 e. The van der Waals surface area contributed by atoms with E-state index in [9.17, 15) is 4.79 Å². The number of benzene rings is 1. The van der Waals surface area contributed by atoms with Gasteiger partial charge in [-0.05, 0) is 30.7 Å². The quantitative estimate of drug-likeness (QED) is 0.761. The van der Waals surface area contributed by atoms with Crippen molar-refractivity contribution in [2.24, 2.45) is 0 Å². The normalized spacial score (nSPS) is 10.3. The molecule has 18 heavy (non-hydrogen) atoms. The number of aldehydes is 1. The average molecular weight is 281 g/mol. The van der Waals surface area contributed by atoms with Gasteiger partial charge in [0.25, 0.3) is 0 Å². The van der Waals surface area contributed by atoms with E-state index in [2.05, 4.69) is 19.1 Å². The molecule has 0 aliphatic carbocycles. The fourth-order valence-corrected chi connectivity index (χ4v) is 2.68. The van der Waals surface area contributed by atoms with E-state index in [1.165, 1.54) is 4.88 Å². The molecule has 0 atom stereocenters. The van der Waals surface area contributed by atoms with Gasteiger partial charge >= 0.3 is 0 Å². The molecule has 0 aliphatic rings. The minimum atomic E-state index is 0.409. The van der Waals surface area contributed by atoms with Gasteiger partial charge in [-0.1, -0.05) is 24.6 Å². The molecule has 1 aromatic carbocycles. The Balaban J connectivity index is 2.10. The highest BCUT2D eigenvalue weighted by Gasteiger charge is 2.08.